The zero-order valence-corrected chi connectivity index (χ0v) is 19.5. The number of benzene rings is 2. The molecule has 1 saturated heterocycles. The number of rotatable bonds is 7. The van der Waals surface area contributed by atoms with E-state index >= 15 is 0 Å². The zero-order chi connectivity index (χ0) is 21.7. The van der Waals surface area contributed by atoms with E-state index in [-0.39, 0.29) is 17.2 Å². The van der Waals surface area contributed by atoms with E-state index in [2.05, 4.69) is 12.2 Å². The highest BCUT2D eigenvalue weighted by Gasteiger charge is 2.42. The molecule has 1 fully saturated rings. The third-order valence-electron chi connectivity index (χ3n) is 5.14. The monoisotopic (exact) mass is 464 g/mol. The van der Waals surface area contributed by atoms with E-state index in [0.29, 0.717) is 27.9 Å². The summed E-state index contributed by atoms with van der Waals surface area (Å²) in [7, 11) is 0. The fourth-order valence-electron chi connectivity index (χ4n) is 3.43. The first-order chi connectivity index (χ1) is 14.4. The maximum atomic E-state index is 13.5. The Morgan fingerprint density at radius 3 is 2.50 bits per heavy atom. The first-order valence-corrected chi connectivity index (χ1v) is 12.0. The summed E-state index contributed by atoms with van der Waals surface area (Å²) < 4.78 is 0. The second kappa shape index (κ2) is 10.6. The van der Waals surface area contributed by atoms with E-state index in [9.17, 15) is 9.59 Å². The first-order valence-electron chi connectivity index (χ1n) is 10.2. The second-order valence-electron chi connectivity index (χ2n) is 7.45. The average Bonchev–Trinajstić information content (AvgIpc) is 3.18. The molecular formula is C23H26Cl2N2O2S. The van der Waals surface area contributed by atoms with Crippen molar-refractivity contribution in [3.05, 3.63) is 69.2 Å². The van der Waals surface area contributed by atoms with Crippen LogP contribution in [0.4, 0.5) is 0 Å². The van der Waals surface area contributed by atoms with Gasteiger partial charge in [-0.15, -0.1) is 11.8 Å². The largest absolute Gasteiger partial charge is 0.354 e. The van der Waals surface area contributed by atoms with Crippen LogP contribution in [0.1, 0.15) is 53.0 Å². The summed E-state index contributed by atoms with van der Waals surface area (Å²) in [6, 6.07) is 12.3. The van der Waals surface area contributed by atoms with Gasteiger partial charge in [-0.05, 0) is 43.2 Å². The Hall–Kier alpha value is -1.69. The highest BCUT2D eigenvalue weighted by Crippen LogP contribution is 2.43. The van der Waals surface area contributed by atoms with Gasteiger partial charge in [-0.3, -0.25) is 9.59 Å². The number of hydrogen-bond donors (Lipinski definition) is 1. The van der Waals surface area contributed by atoms with Crippen LogP contribution < -0.4 is 5.32 Å². The lowest BCUT2D eigenvalue weighted by Gasteiger charge is -2.29. The highest BCUT2D eigenvalue weighted by molar-refractivity contribution is 7.99. The van der Waals surface area contributed by atoms with Gasteiger partial charge >= 0.3 is 0 Å². The van der Waals surface area contributed by atoms with Crippen molar-refractivity contribution in [2.24, 2.45) is 0 Å². The smallest absolute Gasteiger partial charge is 0.255 e. The quantitative estimate of drug-likeness (QED) is 0.521. The van der Waals surface area contributed by atoms with Crippen molar-refractivity contribution >= 4 is 46.8 Å². The van der Waals surface area contributed by atoms with Crippen LogP contribution >= 0.6 is 35.0 Å². The van der Waals surface area contributed by atoms with Crippen molar-refractivity contribution in [3.8, 4) is 0 Å². The SMILES string of the molecule is CCCCCNC(=O)C1CSC(c2ccc(Cl)c(Cl)c2)N1C(=O)c1ccc(C)cc1. The standard InChI is InChI=1S/C23H26Cl2N2O2S/c1-3-4-5-12-26-21(28)20-14-30-23(17-10-11-18(24)19(25)13-17)27(20)22(29)16-8-6-15(2)7-9-16/h6-11,13,20,23H,3-5,12,14H2,1-2H3,(H,26,28). The van der Waals surface area contributed by atoms with Gasteiger partial charge in [0.05, 0.1) is 10.0 Å². The molecule has 2 amide bonds. The van der Waals surface area contributed by atoms with Gasteiger partial charge in [0.15, 0.2) is 0 Å². The molecule has 2 atom stereocenters. The Kier molecular flexibility index (Phi) is 8.09. The molecule has 1 N–H and O–H groups in total. The Balaban J connectivity index is 1.88. The molecule has 4 nitrogen and oxygen atoms in total. The van der Waals surface area contributed by atoms with Gasteiger partial charge in [0, 0.05) is 17.9 Å². The molecule has 0 aliphatic carbocycles. The van der Waals surface area contributed by atoms with E-state index in [0.717, 1.165) is 30.4 Å². The van der Waals surface area contributed by atoms with Gasteiger partial charge in [0.1, 0.15) is 11.4 Å². The minimum absolute atomic E-state index is 0.110. The van der Waals surface area contributed by atoms with Crippen molar-refractivity contribution in [1.29, 1.82) is 0 Å². The summed E-state index contributed by atoms with van der Waals surface area (Å²) in [4.78, 5) is 28.1. The topological polar surface area (TPSA) is 49.4 Å². The number of amides is 2. The maximum absolute atomic E-state index is 13.5. The Morgan fingerprint density at radius 1 is 1.10 bits per heavy atom. The summed E-state index contributed by atoms with van der Waals surface area (Å²) >= 11 is 13.9. The molecule has 30 heavy (non-hydrogen) atoms. The predicted molar refractivity (Wildman–Crippen MR) is 125 cm³/mol. The lowest BCUT2D eigenvalue weighted by Crippen LogP contribution is -2.48. The van der Waals surface area contributed by atoms with Crippen LogP contribution in [0.3, 0.4) is 0 Å². The summed E-state index contributed by atoms with van der Waals surface area (Å²) in [6.07, 6.45) is 3.09. The van der Waals surface area contributed by atoms with Crippen molar-refractivity contribution in [3.63, 3.8) is 0 Å². The molecule has 2 aromatic carbocycles. The van der Waals surface area contributed by atoms with Gasteiger partial charge in [0.25, 0.3) is 5.91 Å². The molecule has 1 heterocycles. The summed E-state index contributed by atoms with van der Waals surface area (Å²) in [5, 5.41) is 3.60. The van der Waals surface area contributed by atoms with Crippen LogP contribution in [-0.4, -0.2) is 35.1 Å². The van der Waals surface area contributed by atoms with Crippen LogP contribution in [0, 0.1) is 6.92 Å². The first kappa shape index (κ1) is 23.0. The molecule has 2 unspecified atom stereocenters. The van der Waals surface area contributed by atoms with Gasteiger partial charge in [-0.2, -0.15) is 0 Å². The molecule has 1 aliphatic rings. The van der Waals surface area contributed by atoms with Crippen LogP contribution in [0.25, 0.3) is 0 Å². The number of aryl methyl sites for hydroxylation is 1. The van der Waals surface area contributed by atoms with Crippen molar-refractivity contribution in [2.45, 2.75) is 44.5 Å². The van der Waals surface area contributed by atoms with E-state index in [4.69, 9.17) is 23.2 Å². The van der Waals surface area contributed by atoms with E-state index < -0.39 is 6.04 Å². The number of halogens is 2. The molecule has 7 heteroatoms. The molecule has 0 radical (unpaired) electrons. The molecule has 0 saturated carbocycles. The zero-order valence-electron chi connectivity index (χ0n) is 17.2. The molecule has 3 rings (SSSR count). The van der Waals surface area contributed by atoms with Gasteiger partial charge in [-0.25, -0.2) is 0 Å². The normalized spacial score (nSPS) is 18.5. The Bertz CT molecular complexity index is 905. The molecule has 1 aliphatic heterocycles. The lowest BCUT2D eigenvalue weighted by molar-refractivity contribution is -0.124. The molecule has 2 aromatic rings. The van der Waals surface area contributed by atoms with Crippen LogP contribution in [-0.2, 0) is 4.79 Å². The minimum Gasteiger partial charge on any atom is -0.354 e. The van der Waals surface area contributed by atoms with Crippen molar-refractivity contribution in [1.82, 2.24) is 10.2 Å². The third-order valence-corrected chi connectivity index (χ3v) is 7.21. The van der Waals surface area contributed by atoms with Crippen LogP contribution in [0.15, 0.2) is 42.5 Å². The van der Waals surface area contributed by atoms with E-state index in [1.165, 1.54) is 0 Å². The molecule has 0 bridgehead atoms. The molecule has 160 valence electrons. The van der Waals surface area contributed by atoms with E-state index in [1.54, 1.807) is 28.8 Å². The second-order valence-corrected chi connectivity index (χ2v) is 9.38. The fourth-order valence-corrected chi connectivity index (χ4v) is 5.15. The minimum atomic E-state index is -0.537. The van der Waals surface area contributed by atoms with Crippen molar-refractivity contribution < 1.29 is 9.59 Å². The van der Waals surface area contributed by atoms with Crippen LogP contribution in [0.5, 0.6) is 0 Å². The summed E-state index contributed by atoms with van der Waals surface area (Å²) in [6.45, 7) is 4.72. The highest BCUT2D eigenvalue weighted by atomic mass is 35.5. The number of unbranched alkanes of at least 4 members (excludes halogenated alkanes) is 2. The van der Waals surface area contributed by atoms with Gasteiger partial charge in [0.2, 0.25) is 5.91 Å². The lowest BCUT2D eigenvalue weighted by atomic mass is 10.1. The van der Waals surface area contributed by atoms with Crippen molar-refractivity contribution in [2.75, 3.05) is 12.3 Å². The average molecular weight is 465 g/mol. The number of thioether (sulfide) groups is 1. The van der Waals surface area contributed by atoms with Crippen LogP contribution in [0.2, 0.25) is 10.0 Å². The number of nitrogens with one attached hydrogen (secondary N) is 1. The van der Waals surface area contributed by atoms with Gasteiger partial charge in [-0.1, -0.05) is 66.7 Å². The number of carbonyl (C=O) groups excluding carboxylic acids is 2. The number of hydrogen-bond acceptors (Lipinski definition) is 3. The summed E-state index contributed by atoms with van der Waals surface area (Å²) in [5.41, 5.74) is 2.50. The Morgan fingerprint density at radius 2 is 1.83 bits per heavy atom. The maximum Gasteiger partial charge on any atom is 0.255 e. The molecule has 0 aromatic heterocycles. The Labute approximate surface area is 192 Å². The third kappa shape index (κ3) is 5.32. The fraction of sp³-hybridized carbons (Fsp3) is 0.391. The van der Waals surface area contributed by atoms with E-state index in [1.807, 2.05) is 37.3 Å². The molecular weight excluding hydrogens is 439 g/mol. The summed E-state index contributed by atoms with van der Waals surface area (Å²) in [5.74, 6) is 0.258. The number of nitrogens with zero attached hydrogens (tertiary/aromatic N) is 1. The predicted octanol–water partition coefficient (Wildman–Crippen LogP) is 5.86. The molecule has 0 spiro atoms. The van der Waals surface area contributed by atoms with Gasteiger partial charge < -0.3 is 10.2 Å². The number of carbonyl (C=O) groups is 2.